The Balaban J connectivity index is 0.00000169. The molecule has 0 fully saturated rings. The van der Waals surface area contributed by atoms with Crippen molar-refractivity contribution in [3.63, 3.8) is 0 Å². The summed E-state index contributed by atoms with van der Waals surface area (Å²) in [4.78, 5) is 0. The third kappa shape index (κ3) is 5.29. The molecule has 1 aliphatic carbocycles. The molecular weight excluding hydrogens is 447 g/mol. The maximum Gasteiger partial charge on any atom is 4.00 e. The molecule has 0 aliphatic heterocycles. The van der Waals surface area contributed by atoms with Gasteiger partial charge in [-0.15, -0.1) is 11.1 Å². The Hall–Kier alpha value is -0.539. The average molecular weight is 466 g/mol. The van der Waals surface area contributed by atoms with Crippen LogP contribution in [0.2, 0.25) is 0 Å². The molecule has 3 aromatic carbocycles. The molecule has 1 aliphatic rings. The van der Waals surface area contributed by atoms with E-state index in [-0.39, 0.29) is 58.9 Å². The summed E-state index contributed by atoms with van der Waals surface area (Å²) < 4.78 is 0. The minimum atomic E-state index is 0. The molecule has 1 unspecified atom stereocenters. The van der Waals surface area contributed by atoms with Crippen LogP contribution in [-0.2, 0) is 28.1 Å². The van der Waals surface area contributed by atoms with Crippen molar-refractivity contribution in [3.8, 4) is 11.1 Å². The van der Waals surface area contributed by atoms with Gasteiger partial charge < -0.3 is 37.2 Å². The second-order valence-corrected chi connectivity index (χ2v) is 7.47. The van der Waals surface area contributed by atoms with Gasteiger partial charge in [0, 0.05) is 0 Å². The van der Waals surface area contributed by atoms with E-state index in [0.29, 0.717) is 5.54 Å². The Morgan fingerprint density at radius 3 is 2.30 bits per heavy atom. The SMILES string of the molecule is CCCc1ccccc1[Si]C1c2[c-]cccc2-c2ccccc21.[Cl-].[Cl-].[Cl-].[Ti+4]. The molecular formula is C22H19Cl3SiTi. The van der Waals surface area contributed by atoms with Crippen molar-refractivity contribution in [1.82, 2.24) is 0 Å². The summed E-state index contributed by atoms with van der Waals surface area (Å²) in [6.07, 6.45) is 2.37. The number of fused-ring (bicyclic) bond motifs is 3. The summed E-state index contributed by atoms with van der Waals surface area (Å²) in [5.74, 6) is 0. The molecule has 0 N–H and O–H groups in total. The van der Waals surface area contributed by atoms with E-state index < -0.39 is 0 Å². The van der Waals surface area contributed by atoms with E-state index in [2.05, 4.69) is 79.7 Å². The van der Waals surface area contributed by atoms with Gasteiger partial charge in [-0.2, -0.15) is 24.3 Å². The van der Waals surface area contributed by atoms with Gasteiger partial charge in [0.1, 0.15) is 0 Å². The zero-order chi connectivity index (χ0) is 15.6. The zero-order valence-electron chi connectivity index (χ0n) is 15.0. The van der Waals surface area contributed by atoms with Crippen molar-refractivity contribution in [3.05, 3.63) is 89.5 Å². The monoisotopic (exact) mass is 464 g/mol. The summed E-state index contributed by atoms with van der Waals surface area (Å²) in [7, 11) is 0.770. The van der Waals surface area contributed by atoms with E-state index in [0.717, 1.165) is 9.52 Å². The van der Waals surface area contributed by atoms with Gasteiger partial charge in [-0.1, -0.05) is 72.6 Å². The summed E-state index contributed by atoms with van der Waals surface area (Å²) >= 11 is 0. The van der Waals surface area contributed by atoms with Gasteiger partial charge in [-0.25, -0.2) is 0 Å². The second-order valence-electron chi connectivity index (χ2n) is 6.07. The number of hydrogen-bond acceptors (Lipinski definition) is 0. The van der Waals surface area contributed by atoms with Gasteiger partial charge in [0.25, 0.3) is 0 Å². The Kier molecular flexibility index (Phi) is 11.9. The molecule has 3 aromatic rings. The third-order valence-electron chi connectivity index (χ3n) is 4.58. The normalized spacial score (nSPS) is 13.0. The Bertz CT molecular complexity index is 809. The van der Waals surface area contributed by atoms with Crippen LogP contribution in [0.3, 0.4) is 0 Å². The van der Waals surface area contributed by atoms with E-state index in [9.17, 15) is 0 Å². The fourth-order valence-electron chi connectivity index (χ4n) is 3.53. The Labute approximate surface area is 198 Å². The molecule has 0 amide bonds. The van der Waals surface area contributed by atoms with Crippen LogP contribution in [0.1, 0.15) is 35.6 Å². The molecule has 0 saturated carbocycles. The molecule has 0 aromatic heterocycles. The van der Waals surface area contributed by atoms with Crippen LogP contribution in [0.5, 0.6) is 0 Å². The molecule has 0 bridgehead atoms. The number of rotatable bonds is 4. The molecule has 0 saturated heterocycles. The van der Waals surface area contributed by atoms with Crippen molar-refractivity contribution in [2.24, 2.45) is 0 Å². The van der Waals surface area contributed by atoms with Crippen LogP contribution in [0.15, 0.2) is 66.7 Å². The van der Waals surface area contributed by atoms with Gasteiger partial charge in [0.15, 0.2) is 0 Å². The van der Waals surface area contributed by atoms with Crippen LogP contribution in [0.4, 0.5) is 0 Å². The molecule has 1 atom stereocenters. The quantitative estimate of drug-likeness (QED) is 0.270. The molecule has 0 spiro atoms. The summed E-state index contributed by atoms with van der Waals surface area (Å²) in [5, 5.41) is 1.51. The minimum Gasteiger partial charge on any atom is -1.00 e. The molecule has 4 rings (SSSR count). The first-order valence-corrected chi connectivity index (χ1v) is 9.40. The van der Waals surface area contributed by atoms with Crippen molar-refractivity contribution in [2.75, 3.05) is 0 Å². The molecule has 0 nitrogen and oxygen atoms in total. The van der Waals surface area contributed by atoms with Crippen molar-refractivity contribution >= 4 is 14.7 Å². The van der Waals surface area contributed by atoms with Gasteiger partial charge in [-0.3, -0.25) is 0 Å². The van der Waals surface area contributed by atoms with Crippen molar-refractivity contribution in [2.45, 2.75) is 25.3 Å². The number of hydrogen-bond donors (Lipinski definition) is 0. The van der Waals surface area contributed by atoms with E-state index >= 15 is 0 Å². The predicted octanol–water partition coefficient (Wildman–Crippen LogP) is -4.45. The topological polar surface area (TPSA) is 0 Å². The van der Waals surface area contributed by atoms with Gasteiger partial charge in [-0.05, 0) is 23.1 Å². The average Bonchev–Trinajstić information content (AvgIpc) is 2.92. The fourth-order valence-corrected chi connectivity index (χ4v) is 5.21. The number of halogens is 3. The molecule has 2 radical (unpaired) electrons. The molecule has 5 heteroatoms. The van der Waals surface area contributed by atoms with E-state index in [1.165, 1.54) is 45.8 Å². The fraction of sp³-hybridized carbons (Fsp3) is 0.182. The maximum atomic E-state index is 3.52. The molecule has 136 valence electrons. The number of aryl methyl sites for hydroxylation is 1. The Morgan fingerprint density at radius 1 is 0.852 bits per heavy atom. The second kappa shape index (κ2) is 12.1. The van der Waals surface area contributed by atoms with Crippen molar-refractivity contribution in [1.29, 1.82) is 0 Å². The van der Waals surface area contributed by atoms with Gasteiger partial charge >= 0.3 is 21.7 Å². The largest absolute Gasteiger partial charge is 4.00 e. The van der Waals surface area contributed by atoms with Gasteiger partial charge in [0.05, 0.1) is 9.52 Å². The summed E-state index contributed by atoms with van der Waals surface area (Å²) in [6.45, 7) is 2.26. The van der Waals surface area contributed by atoms with E-state index in [1.54, 1.807) is 0 Å². The van der Waals surface area contributed by atoms with Crippen LogP contribution < -0.4 is 42.4 Å². The van der Waals surface area contributed by atoms with Crippen LogP contribution in [0.25, 0.3) is 11.1 Å². The molecule has 27 heavy (non-hydrogen) atoms. The minimum absolute atomic E-state index is 0. The van der Waals surface area contributed by atoms with E-state index in [1.807, 2.05) is 0 Å². The first kappa shape index (κ1) is 26.5. The van der Waals surface area contributed by atoms with E-state index in [4.69, 9.17) is 0 Å². The standard InChI is InChI=1S/C22H19Si.3ClH.Ti/c1-2-9-16-10-3-8-15-21(16)23-22-19-13-6-4-11-17(19)18-12-5-7-14-20(18)22;;;;/h3-8,10-13,15,22H,2,9H2,1H3;3*1H;/q-1;;;;+4/p-3. The summed E-state index contributed by atoms with van der Waals surface area (Å²) in [6, 6.07) is 27.7. The van der Waals surface area contributed by atoms with Crippen LogP contribution in [-0.4, -0.2) is 9.52 Å². The van der Waals surface area contributed by atoms with Crippen LogP contribution in [0, 0.1) is 6.07 Å². The van der Waals surface area contributed by atoms with Crippen molar-refractivity contribution < 1.29 is 58.9 Å². The third-order valence-corrected chi connectivity index (χ3v) is 6.26. The van der Waals surface area contributed by atoms with Crippen LogP contribution >= 0.6 is 0 Å². The maximum absolute atomic E-state index is 3.52. The predicted molar refractivity (Wildman–Crippen MR) is 98.4 cm³/mol. The zero-order valence-corrected chi connectivity index (χ0v) is 19.8. The summed E-state index contributed by atoms with van der Waals surface area (Å²) in [5.41, 5.74) is 7.57. The first-order valence-electron chi connectivity index (χ1n) is 8.33. The smallest absolute Gasteiger partial charge is 1.00 e. The first-order chi connectivity index (χ1) is 11.4. The molecule has 0 heterocycles. The Morgan fingerprint density at radius 2 is 1.52 bits per heavy atom. The number of benzene rings is 3. The van der Waals surface area contributed by atoms with Gasteiger partial charge in [0.2, 0.25) is 0 Å².